The van der Waals surface area contributed by atoms with E-state index in [2.05, 4.69) is 5.10 Å². The van der Waals surface area contributed by atoms with Gasteiger partial charge in [-0.1, -0.05) is 36.1 Å². The molecule has 0 unspecified atom stereocenters. The molecule has 1 aromatic heterocycles. The Kier molecular flexibility index (Phi) is 5.30. The number of benzene rings is 1. The molecule has 1 amide bonds. The van der Waals surface area contributed by atoms with Crippen LogP contribution in [0.1, 0.15) is 18.4 Å². The predicted molar refractivity (Wildman–Crippen MR) is 100 cm³/mol. The van der Waals surface area contributed by atoms with Crippen LogP contribution in [-0.2, 0) is 9.59 Å². The van der Waals surface area contributed by atoms with Gasteiger partial charge in [0.1, 0.15) is 4.32 Å². The van der Waals surface area contributed by atoms with Crippen molar-refractivity contribution >= 4 is 46.3 Å². The van der Waals surface area contributed by atoms with E-state index in [-0.39, 0.29) is 12.3 Å². The molecule has 0 bridgehead atoms. The average molecular weight is 373 g/mol. The number of amides is 1. The second-order valence-corrected chi connectivity index (χ2v) is 7.05. The van der Waals surface area contributed by atoms with E-state index in [0.717, 1.165) is 11.3 Å². The standard InChI is InChI=1S/C17H15N3O3S2/c21-15(22)3-1-9-19-16(23)14(25-17(19)24)11-12-4-6-13(7-5-12)20-10-2-8-18-20/h2,4-8,10-11H,1,3,9H2,(H,21,22). The Morgan fingerprint density at radius 2 is 2.08 bits per heavy atom. The van der Waals surface area contributed by atoms with Gasteiger partial charge in [-0.05, 0) is 36.3 Å². The van der Waals surface area contributed by atoms with E-state index in [0.29, 0.717) is 22.2 Å². The zero-order valence-electron chi connectivity index (χ0n) is 13.2. The number of nitrogens with zero attached hydrogens (tertiary/aromatic N) is 3. The van der Waals surface area contributed by atoms with Crippen molar-refractivity contribution in [2.45, 2.75) is 12.8 Å². The van der Waals surface area contributed by atoms with Crippen molar-refractivity contribution in [3.05, 3.63) is 53.2 Å². The zero-order chi connectivity index (χ0) is 17.8. The second-order valence-electron chi connectivity index (χ2n) is 5.37. The molecule has 1 aliphatic heterocycles. The summed E-state index contributed by atoms with van der Waals surface area (Å²) >= 11 is 6.47. The normalized spacial score (nSPS) is 16.0. The Bertz CT molecular complexity index is 829. The third-order valence-electron chi connectivity index (χ3n) is 3.61. The number of rotatable bonds is 6. The van der Waals surface area contributed by atoms with Crippen LogP contribution < -0.4 is 0 Å². The summed E-state index contributed by atoms with van der Waals surface area (Å²) < 4.78 is 2.22. The number of carbonyl (C=O) groups is 2. The number of carboxylic acids is 1. The van der Waals surface area contributed by atoms with Crippen LogP contribution in [0.5, 0.6) is 0 Å². The molecular weight excluding hydrogens is 358 g/mol. The lowest BCUT2D eigenvalue weighted by Crippen LogP contribution is -2.29. The Morgan fingerprint density at radius 3 is 2.72 bits per heavy atom. The fraction of sp³-hybridized carbons (Fsp3) is 0.176. The SMILES string of the molecule is O=C(O)CCCN1C(=O)C(=Cc2ccc(-n3cccn3)cc2)SC1=S. The molecule has 2 heterocycles. The van der Waals surface area contributed by atoms with Crippen LogP contribution in [-0.4, -0.2) is 42.5 Å². The van der Waals surface area contributed by atoms with Gasteiger partial charge in [0.25, 0.3) is 5.91 Å². The molecule has 0 atom stereocenters. The van der Waals surface area contributed by atoms with Crippen LogP contribution >= 0.6 is 24.0 Å². The molecule has 8 heteroatoms. The average Bonchev–Trinajstić information content (AvgIpc) is 3.20. The van der Waals surface area contributed by atoms with Gasteiger partial charge in [0.05, 0.1) is 10.6 Å². The van der Waals surface area contributed by atoms with Crippen LogP contribution in [0, 0.1) is 0 Å². The lowest BCUT2D eigenvalue weighted by Gasteiger charge is -2.13. The highest BCUT2D eigenvalue weighted by molar-refractivity contribution is 8.26. The molecule has 0 saturated carbocycles. The van der Waals surface area contributed by atoms with E-state index in [1.165, 1.54) is 16.7 Å². The quantitative estimate of drug-likeness (QED) is 0.620. The van der Waals surface area contributed by atoms with Gasteiger partial charge >= 0.3 is 5.97 Å². The van der Waals surface area contributed by atoms with Crippen molar-refractivity contribution in [2.24, 2.45) is 0 Å². The molecule has 1 saturated heterocycles. The summed E-state index contributed by atoms with van der Waals surface area (Å²) in [4.78, 5) is 25.0. The highest BCUT2D eigenvalue weighted by Crippen LogP contribution is 2.32. The number of hydrogen-bond acceptors (Lipinski definition) is 5. The van der Waals surface area contributed by atoms with Gasteiger partial charge in [0.2, 0.25) is 0 Å². The highest BCUT2D eigenvalue weighted by Gasteiger charge is 2.31. The summed E-state index contributed by atoms with van der Waals surface area (Å²) in [5, 5.41) is 12.9. The predicted octanol–water partition coefficient (Wildman–Crippen LogP) is 2.94. The fourth-order valence-corrected chi connectivity index (χ4v) is 3.69. The van der Waals surface area contributed by atoms with Crippen LogP contribution in [0.3, 0.4) is 0 Å². The van der Waals surface area contributed by atoms with Gasteiger partial charge < -0.3 is 5.11 Å². The number of aromatic nitrogens is 2. The molecule has 2 aromatic rings. The van der Waals surface area contributed by atoms with E-state index in [4.69, 9.17) is 17.3 Å². The minimum Gasteiger partial charge on any atom is -0.481 e. The first kappa shape index (κ1) is 17.4. The molecule has 1 aliphatic rings. The molecule has 3 rings (SSSR count). The van der Waals surface area contributed by atoms with Gasteiger partial charge in [-0.3, -0.25) is 14.5 Å². The van der Waals surface area contributed by atoms with E-state index in [1.54, 1.807) is 17.0 Å². The zero-order valence-corrected chi connectivity index (χ0v) is 14.8. The molecule has 128 valence electrons. The molecule has 0 spiro atoms. The maximum Gasteiger partial charge on any atom is 0.303 e. The first-order chi connectivity index (χ1) is 12.0. The number of thioether (sulfide) groups is 1. The Morgan fingerprint density at radius 1 is 1.32 bits per heavy atom. The molecule has 1 N–H and O–H groups in total. The molecule has 6 nitrogen and oxygen atoms in total. The van der Waals surface area contributed by atoms with Gasteiger partial charge in [-0.15, -0.1) is 0 Å². The van der Waals surface area contributed by atoms with E-state index in [9.17, 15) is 9.59 Å². The summed E-state index contributed by atoms with van der Waals surface area (Å²) in [5.74, 6) is -1.05. The smallest absolute Gasteiger partial charge is 0.303 e. The molecule has 1 fully saturated rings. The van der Waals surface area contributed by atoms with E-state index in [1.807, 2.05) is 36.5 Å². The molecule has 1 aromatic carbocycles. The third kappa shape index (κ3) is 4.15. The summed E-state index contributed by atoms with van der Waals surface area (Å²) in [6.07, 6.45) is 5.77. The van der Waals surface area contributed by atoms with Gasteiger partial charge in [-0.25, -0.2) is 4.68 Å². The minimum atomic E-state index is -0.877. The van der Waals surface area contributed by atoms with Gasteiger partial charge in [0, 0.05) is 25.4 Å². The van der Waals surface area contributed by atoms with Crippen LogP contribution in [0.4, 0.5) is 0 Å². The Balaban J connectivity index is 1.70. The van der Waals surface area contributed by atoms with Crippen LogP contribution in [0.2, 0.25) is 0 Å². The Labute approximate surface area is 154 Å². The minimum absolute atomic E-state index is 0.0188. The van der Waals surface area contributed by atoms with Crippen molar-refractivity contribution in [3.63, 3.8) is 0 Å². The van der Waals surface area contributed by atoms with E-state index < -0.39 is 5.97 Å². The maximum absolute atomic E-state index is 12.4. The largest absolute Gasteiger partial charge is 0.481 e. The number of hydrogen-bond donors (Lipinski definition) is 1. The topological polar surface area (TPSA) is 75.4 Å². The lowest BCUT2D eigenvalue weighted by atomic mass is 10.2. The lowest BCUT2D eigenvalue weighted by molar-refractivity contribution is -0.137. The summed E-state index contributed by atoms with van der Waals surface area (Å²) in [6.45, 7) is 0.326. The van der Waals surface area contributed by atoms with E-state index >= 15 is 0 Å². The highest BCUT2D eigenvalue weighted by atomic mass is 32.2. The molecule has 25 heavy (non-hydrogen) atoms. The second kappa shape index (κ2) is 7.62. The summed E-state index contributed by atoms with van der Waals surface area (Å²) in [6, 6.07) is 9.52. The van der Waals surface area contributed by atoms with Crippen molar-refractivity contribution in [3.8, 4) is 5.69 Å². The fourth-order valence-electron chi connectivity index (χ4n) is 2.38. The summed E-state index contributed by atoms with van der Waals surface area (Å²) in [7, 11) is 0. The molecule has 0 radical (unpaired) electrons. The first-order valence-corrected chi connectivity index (χ1v) is 8.84. The van der Waals surface area contributed by atoms with Crippen LogP contribution in [0.15, 0.2) is 47.6 Å². The monoisotopic (exact) mass is 373 g/mol. The number of thiocarbonyl (C=S) groups is 1. The first-order valence-electron chi connectivity index (χ1n) is 7.62. The third-order valence-corrected chi connectivity index (χ3v) is 4.98. The molecular formula is C17H15N3O3S2. The summed E-state index contributed by atoms with van der Waals surface area (Å²) in [5.41, 5.74) is 1.82. The van der Waals surface area contributed by atoms with Crippen LogP contribution in [0.25, 0.3) is 11.8 Å². The Hall–Kier alpha value is -2.45. The maximum atomic E-state index is 12.4. The van der Waals surface area contributed by atoms with Crippen molar-refractivity contribution < 1.29 is 14.7 Å². The number of carbonyl (C=O) groups excluding carboxylic acids is 1. The van der Waals surface area contributed by atoms with Crippen molar-refractivity contribution in [2.75, 3.05) is 6.54 Å². The van der Waals surface area contributed by atoms with Crippen molar-refractivity contribution in [1.82, 2.24) is 14.7 Å². The number of carboxylic acid groups (broad SMARTS) is 1. The van der Waals surface area contributed by atoms with Crippen molar-refractivity contribution in [1.29, 1.82) is 0 Å². The number of aliphatic carboxylic acids is 1. The van der Waals surface area contributed by atoms with Gasteiger partial charge in [0.15, 0.2) is 0 Å². The van der Waals surface area contributed by atoms with Gasteiger partial charge in [-0.2, -0.15) is 5.10 Å². The molecule has 0 aliphatic carbocycles.